The van der Waals surface area contributed by atoms with Crippen LogP contribution in [0, 0.1) is 0 Å². The maximum Gasteiger partial charge on any atom is 0.260 e. The number of rotatable bonds is 5. The molecular weight excluding hydrogens is 340 g/mol. The lowest BCUT2D eigenvalue weighted by Crippen LogP contribution is -2.50. The van der Waals surface area contributed by atoms with Crippen LogP contribution in [-0.2, 0) is 11.2 Å². The third-order valence-electron chi connectivity index (χ3n) is 5.63. The molecule has 1 fully saturated rings. The van der Waals surface area contributed by atoms with Gasteiger partial charge >= 0.3 is 0 Å². The monoisotopic (exact) mass is 366 g/mol. The van der Waals surface area contributed by atoms with Crippen molar-refractivity contribution in [2.45, 2.75) is 18.9 Å². The van der Waals surface area contributed by atoms with E-state index >= 15 is 0 Å². The SMILES string of the molecule is COc1ccccc1OCC(=O)N1CCN(C2CCc3ccccc32)CC1. The van der Waals surface area contributed by atoms with E-state index in [0.717, 1.165) is 32.6 Å². The van der Waals surface area contributed by atoms with E-state index in [1.165, 1.54) is 17.5 Å². The first-order valence-corrected chi connectivity index (χ1v) is 9.61. The van der Waals surface area contributed by atoms with Crippen LogP contribution < -0.4 is 9.47 Å². The van der Waals surface area contributed by atoms with Crippen molar-refractivity contribution in [3.05, 3.63) is 59.7 Å². The van der Waals surface area contributed by atoms with Gasteiger partial charge in [0.05, 0.1) is 7.11 Å². The van der Waals surface area contributed by atoms with Crippen LogP contribution in [0.25, 0.3) is 0 Å². The number of benzene rings is 2. The van der Waals surface area contributed by atoms with Crippen LogP contribution in [0.1, 0.15) is 23.6 Å². The van der Waals surface area contributed by atoms with E-state index in [-0.39, 0.29) is 12.5 Å². The number of fused-ring (bicyclic) bond motifs is 1. The lowest BCUT2D eigenvalue weighted by molar-refractivity contribution is -0.135. The number of carbonyl (C=O) groups is 1. The highest BCUT2D eigenvalue weighted by atomic mass is 16.5. The minimum absolute atomic E-state index is 0.0346. The fraction of sp³-hybridized carbons (Fsp3) is 0.409. The van der Waals surface area contributed by atoms with Crippen LogP contribution in [0.4, 0.5) is 0 Å². The van der Waals surface area contributed by atoms with Gasteiger partial charge in [-0.3, -0.25) is 9.69 Å². The van der Waals surface area contributed by atoms with Gasteiger partial charge < -0.3 is 14.4 Å². The topological polar surface area (TPSA) is 42.0 Å². The Kier molecular flexibility index (Phi) is 5.30. The third-order valence-corrected chi connectivity index (χ3v) is 5.63. The molecule has 1 heterocycles. The van der Waals surface area contributed by atoms with Gasteiger partial charge in [-0.2, -0.15) is 0 Å². The van der Waals surface area contributed by atoms with Crippen molar-refractivity contribution in [1.82, 2.24) is 9.80 Å². The second-order valence-corrected chi connectivity index (χ2v) is 7.11. The van der Waals surface area contributed by atoms with E-state index in [9.17, 15) is 4.79 Å². The lowest BCUT2D eigenvalue weighted by atomic mass is 10.1. The van der Waals surface area contributed by atoms with E-state index in [4.69, 9.17) is 9.47 Å². The van der Waals surface area contributed by atoms with E-state index in [2.05, 4.69) is 29.2 Å². The van der Waals surface area contributed by atoms with Gasteiger partial charge in [0.2, 0.25) is 0 Å². The van der Waals surface area contributed by atoms with Gasteiger partial charge in [-0.1, -0.05) is 36.4 Å². The summed E-state index contributed by atoms with van der Waals surface area (Å²) in [4.78, 5) is 17.0. The molecule has 142 valence electrons. The molecule has 5 nitrogen and oxygen atoms in total. The predicted octanol–water partition coefficient (Wildman–Crippen LogP) is 2.91. The Morgan fingerprint density at radius 2 is 1.70 bits per heavy atom. The van der Waals surface area contributed by atoms with Gasteiger partial charge in [0, 0.05) is 32.2 Å². The molecule has 0 spiro atoms. The van der Waals surface area contributed by atoms with Crippen LogP contribution in [-0.4, -0.2) is 55.6 Å². The molecule has 4 rings (SSSR count). The fourth-order valence-electron chi connectivity index (χ4n) is 4.17. The summed E-state index contributed by atoms with van der Waals surface area (Å²) in [6.45, 7) is 3.39. The summed E-state index contributed by atoms with van der Waals surface area (Å²) in [6, 6.07) is 16.7. The molecule has 1 saturated heterocycles. The summed E-state index contributed by atoms with van der Waals surface area (Å²) < 4.78 is 11.0. The molecule has 27 heavy (non-hydrogen) atoms. The Morgan fingerprint density at radius 1 is 1.00 bits per heavy atom. The number of para-hydroxylation sites is 2. The average Bonchev–Trinajstić information content (AvgIpc) is 3.16. The summed E-state index contributed by atoms with van der Waals surface area (Å²) in [5.41, 5.74) is 2.95. The van der Waals surface area contributed by atoms with Crippen LogP contribution in [0.15, 0.2) is 48.5 Å². The van der Waals surface area contributed by atoms with Crippen LogP contribution in [0.5, 0.6) is 11.5 Å². The minimum atomic E-state index is 0.0346. The van der Waals surface area contributed by atoms with Crippen molar-refractivity contribution in [2.24, 2.45) is 0 Å². The number of hydrogen-bond donors (Lipinski definition) is 0. The number of ether oxygens (including phenoxy) is 2. The number of carbonyl (C=O) groups excluding carboxylic acids is 1. The molecule has 2 aliphatic rings. The molecule has 0 radical (unpaired) electrons. The van der Waals surface area contributed by atoms with Crippen LogP contribution in [0.3, 0.4) is 0 Å². The van der Waals surface area contributed by atoms with Crippen LogP contribution in [0.2, 0.25) is 0 Å². The molecule has 0 N–H and O–H groups in total. The second-order valence-electron chi connectivity index (χ2n) is 7.11. The van der Waals surface area contributed by atoms with Crippen molar-refractivity contribution < 1.29 is 14.3 Å². The summed E-state index contributed by atoms with van der Waals surface area (Å²) >= 11 is 0. The number of methoxy groups -OCH3 is 1. The molecular formula is C22H26N2O3. The van der Waals surface area contributed by atoms with Crippen molar-refractivity contribution in [1.29, 1.82) is 0 Å². The van der Waals surface area contributed by atoms with Crippen LogP contribution >= 0.6 is 0 Å². The Morgan fingerprint density at radius 3 is 2.48 bits per heavy atom. The third kappa shape index (κ3) is 3.78. The van der Waals surface area contributed by atoms with E-state index in [1.54, 1.807) is 7.11 Å². The fourth-order valence-corrected chi connectivity index (χ4v) is 4.17. The smallest absolute Gasteiger partial charge is 0.260 e. The number of amides is 1. The summed E-state index contributed by atoms with van der Waals surface area (Å²) in [6.07, 6.45) is 2.34. The highest BCUT2D eigenvalue weighted by molar-refractivity contribution is 5.78. The molecule has 1 aliphatic heterocycles. The quantitative estimate of drug-likeness (QED) is 0.816. The molecule has 1 unspecified atom stereocenters. The second kappa shape index (κ2) is 8.01. The number of hydrogen-bond acceptors (Lipinski definition) is 4. The Labute approximate surface area is 160 Å². The van der Waals surface area contributed by atoms with Gasteiger partial charge in [-0.05, 0) is 36.1 Å². The Hall–Kier alpha value is -2.53. The molecule has 0 bridgehead atoms. The molecule has 1 aliphatic carbocycles. The highest BCUT2D eigenvalue weighted by Gasteiger charge is 2.31. The average molecular weight is 366 g/mol. The lowest BCUT2D eigenvalue weighted by Gasteiger charge is -2.38. The van der Waals surface area contributed by atoms with Crippen molar-refractivity contribution in [3.8, 4) is 11.5 Å². The van der Waals surface area contributed by atoms with Gasteiger partial charge in [-0.15, -0.1) is 0 Å². The largest absolute Gasteiger partial charge is 0.493 e. The summed E-state index contributed by atoms with van der Waals surface area (Å²) in [7, 11) is 1.60. The van der Waals surface area contributed by atoms with Gasteiger partial charge in [-0.25, -0.2) is 0 Å². The van der Waals surface area contributed by atoms with Crippen molar-refractivity contribution in [2.75, 3.05) is 39.9 Å². The van der Waals surface area contributed by atoms with Gasteiger partial charge in [0.1, 0.15) is 0 Å². The number of aryl methyl sites for hydroxylation is 1. The Balaban J connectivity index is 1.30. The van der Waals surface area contributed by atoms with Crippen molar-refractivity contribution in [3.63, 3.8) is 0 Å². The van der Waals surface area contributed by atoms with E-state index < -0.39 is 0 Å². The zero-order chi connectivity index (χ0) is 18.6. The molecule has 0 aromatic heterocycles. The van der Waals surface area contributed by atoms with E-state index in [0.29, 0.717) is 17.5 Å². The highest BCUT2D eigenvalue weighted by Crippen LogP contribution is 2.36. The van der Waals surface area contributed by atoms with Gasteiger partial charge in [0.15, 0.2) is 18.1 Å². The summed E-state index contributed by atoms with van der Waals surface area (Å²) in [5.74, 6) is 1.29. The molecule has 2 aromatic rings. The maximum atomic E-state index is 12.5. The molecule has 1 atom stereocenters. The maximum absolute atomic E-state index is 12.5. The standard InChI is InChI=1S/C22H26N2O3/c1-26-20-8-4-5-9-21(20)27-16-22(25)24-14-12-23(13-15-24)19-11-10-17-6-2-3-7-18(17)19/h2-9,19H,10-16H2,1H3. The first kappa shape index (κ1) is 17.9. The predicted molar refractivity (Wildman–Crippen MR) is 104 cm³/mol. The summed E-state index contributed by atoms with van der Waals surface area (Å²) in [5, 5.41) is 0. The van der Waals surface area contributed by atoms with Gasteiger partial charge in [0.25, 0.3) is 5.91 Å². The Bertz CT molecular complexity index is 800. The number of nitrogens with zero attached hydrogens (tertiary/aromatic N) is 2. The minimum Gasteiger partial charge on any atom is -0.493 e. The first-order valence-electron chi connectivity index (χ1n) is 9.61. The molecule has 1 amide bonds. The normalized spacial score (nSPS) is 19.6. The number of piperazine rings is 1. The molecule has 2 aromatic carbocycles. The van der Waals surface area contributed by atoms with E-state index in [1.807, 2.05) is 29.2 Å². The molecule has 0 saturated carbocycles. The zero-order valence-electron chi connectivity index (χ0n) is 15.8. The zero-order valence-corrected chi connectivity index (χ0v) is 15.8. The molecule has 5 heteroatoms. The van der Waals surface area contributed by atoms with Crippen molar-refractivity contribution >= 4 is 5.91 Å². The first-order chi connectivity index (χ1) is 13.3.